The quantitative estimate of drug-likeness (QED) is 0.386. The summed E-state index contributed by atoms with van der Waals surface area (Å²) in [5.74, 6) is -0.0141. The molecule has 160 valence electrons. The molecule has 2 amide bonds. The van der Waals surface area contributed by atoms with Gasteiger partial charge in [0.25, 0.3) is 5.91 Å². The lowest BCUT2D eigenvalue weighted by atomic mass is 10.1. The van der Waals surface area contributed by atoms with E-state index in [1.807, 2.05) is 30.3 Å². The minimum Gasteiger partial charge on any atom is -0.489 e. The number of nitrogens with one attached hydrogen (secondary N) is 2. The van der Waals surface area contributed by atoms with E-state index in [4.69, 9.17) is 21.1 Å². The molecule has 7 heteroatoms. The average molecular weight is 439 g/mol. The van der Waals surface area contributed by atoms with Crippen LogP contribution in [0.15, 0.2) is 78.9 Å². The Kier molecular flexibility index (Phi) is 8.46. The number of halogens is 1. The molecule has 0 aromatic heterocycles. The van der Waals surface area contributed by atoms with E-state index in [9.17, 15) is 9.59 Å². The largest absolute Gasteiger partial charge is 0.489 e. The van der Waals surface area contributed by atoms with Crippen LogP contribution in [0.1, 0.15) is 27.9 Å². The van der Waals surface area contributed by atoms with E-state index in [2.05, 4.69) is 10.9 Å². The zero-order chi connectivity index (χ0) is 21.9. The highest BCUT2D eigenvalue weighted by atomic mass is 35.5. The van der Waals surface area contributed by atoms with Crippen LogP contribution >= 0.6 is 11.6 Å². The summed E-state index contributed by atoms with van der Waals surface area (Å²) in [5.41, 5.74) is 7.17. The van der Waals surface area contributed by atoms with Crippen molar-refractivity contribution in [2.45, 2.75) is 19.6 Å². The molecule has 0 saturated carbocycles. The smallest absolute Gasteiger partial charge is 0.269 e. The number of hydrogen-bond donors (Lipinski definition) is 2. The summed E-state index contributed by atoms with van der Waals surface area (Å²) in [5, 5.41) is 0.648. The molecule has 3 aromatic carbocycles. The van der Waals surface area contributed by atoms with E-state index < -0.39 is 5.91 Å². The molecule has 3 rings (SSSR count). The fraction of sp³-hybridized carbons (Fsp3) is 0.167. The van der Waals surface area contributed by atoms with Gasteiger partial charge in [-0.05, 0) is 47.5 Å². The third-order valence-corrected chi connectivity index (χ3v) is 4.59. The number of benzene rings is 3. The Morgan fingerprint density at radius 2 is 1.45 bits per heavy atom. The standard InChI is InChI=1S/C24H23ClN2O4/c25-21-10-12-22(13-11-21)31-17-19-6-8-20(9-7-19)24(29)27-26-23(28)14-15-30-16-18-4-2-1-3-5-18/h1-13H,14-17H2,(H,26,28)(H,27,29). The number of hydrazine groups is 1. The summed E-state index contributed by atoms with van der Waals surface area (Å²) >= 11 is 5.85. The molecule has 6 nitrogen and oxygen atoms in total. The number of carbonyl (C=O) groups excluding carboxylic acids is 2. The van der Waals surface area contributed by atoms with Crippen molar-refractivity contribution in [1.82, 2.24) is 10.9 Å². The van der Waals surface area contributed by atoms with Gasteiger partial charge in [0.1, 0.15) is 12.4 Å². The number of amides is 2. The summed E-state index contributed by atoms with van der Waals surface area (Å²) in [6.45, 7) is 1.07. The Morgan fingerprint density at radius 3 is 2.16 bits per heavy atom. The van der Waals surface area contributed by atoms with Crippen LogP contribution in [0.5, 0.6) is 5.75 Å². The van der Waals surface area contributed by atoms with Crippen LogP contribution in [0.25, 0.3) is 0 Å². The predicted molar refractivity (Wildman–Crippen MR) is 119 cm³/mol. The first kappa shape index (κ1) is 22.3. The van der Waals surface area contributed by atoms with Gasteiger partial charge in [-0.15, -0.1) is 0 Å². The van der Waals surface area contributed by atoms with Crippen LogP contribution < -0.4 is 15.6 Å². The van der Waals surface area contributed by atoms with Crippen LogP contribution in [0.2, 0.25) is 5.02 Å². The molecule has 0 atom stereocenters. The molecular weight excluding hydrogens is 416 g/mol. The average Bonchev–Trinajstić information content (AvgIpc) is 2.81. The normalized spacial score (nSPS) is 10.4. The number of ether oxygens (including phenoxy) is 2. The SMILES string of the molecule is O=C(CCOCc1ccccc1)NNC(=O)c1ccc(COc2ccc(Cl)cc2)cc1. The third kappa shape index (κ3) is 7.77. The fourth-order valence-electron chi connectivity index (χ4n) is 2.64. The Morgan fingerprint density at radius 1 is 0.774 bits per heavy atom. The second kappa shape index (κ2) is 11.7. The molecule has 0 saturated heterocycles. The van der Waals surface area contributed by atoms with Crippen LogP contribution in [-0.2, 0) is 22.7 Å². The molecule has 0 radical (unpaired) electrons. The Labute approximate surface area is 186 Å². The van der Waals surface area contributed by atoms with Crippen molar-refractivity contribution >= 4 is 23.4 Å². The third-order valence-electron chi connectivity index (χ3n) is 4.34. The van der Waals surface area contributed by atoms with Gasteiger partial charge in [-0.1, -0.05) is 54.1 Å². The molecule has 0 heterocycles. The van der Waals surface area contributed by atoms with Gasteiger partial charge in [-0.25, -0.2) is 0 Å². The van der Waals surface area contributed by atoms with Crippen molar-refractivity contribution in [3.8, 4) is 5.75 Å². The molecule has 0 bridgehead atoms. The van der Waals surface area contributed by atoms with Crippen molar-refractivity contribution in [2.75, 3.05) is 6.61 Å². The zero-order valence-corrected chi connectivity index (χ0v) is 17.6. The van der Waals surface area contributed by atoms with E-state index in [1.54, 1.807) is 48.5 Å². The fourth-order valence-corrected chi connectivity index (χ4v) is 2.77. The van der Waals surface area contributed by atoms with Gasteiger partial charge in [0.2, 0.25) is 5.91 Å². The lowest BCUT2D eigenvalue weighted by molar-refractivity contribution is -0.123. The molecule has 0 fully saturated rings. The maximum atomic E-state index is 12.2. The molecule has 0 unspecified atom stereocenters. The topological polar surface area (TPSA) is 76.7 Å². The van der Waals surface area contributed by atoms with Crippen LogP contribution in [0.3, 0.4) is 0 Å². The van der Waals surface area contributed by atoms with Gasteiger partial charge in [-0.2, -0.15) is 0 Å². The zero-order valence-electron chi connectivity index (χ0n) is 16.8. The van der Waals surface area contributed by atoms with E-state index in [-0.39, 0.29) is 18.9 Å². The summed E-state index contributed by atoms with van der Waals surface area (Å²) in [6, 6.07) is 23.7. The molecule has 0 aliphatic heterocycles. The van der Waals surface area contributed by atoms with Crippen molar-refractivity contribution < 1.29 is 19.1 Å². The van der Waals surface area contributed by atoms with Crippen LogP contribution in [0.4, 0.5) is 0 Å². The van der Waals surface area contributed by atoms with E-state index in [0.717, 1.165) is 11.1 Å². The van der Waals surface area contributed by atoms with E-state index in [0.29, 0.717) is 29.5 Å². The monoisotopic (exact) mass is 438 g/mol. The first-order chi connectivity index (χ1) is 15.1. The van der Waals surface area contributed by atoms with Gasteiger partial charge in [-0.3, -0.25) is 20.4 Å². The number of rotatable bonds is 9. The highest BCUT2D eigenvalue weighted by Gasteiger charge is 2.08. The molecule has 0 spiro atoms. The lowest BCUT2D eigenvalue weighted by Crippen LogP contribution is -2.41. The first-order valence-electron chi connectivity index (χ1n) is 9.78. The highest BCUT2D eigenvalue weighted by Crippen LogP contribution is 2.17. The molecule has 3 aromatic rings. The van der Waals surface area contributed by atoms with E-state index in [1.165, 1.54) is 0 Å². The maximum absolute atomic E-state index is 12.2. The lowest BCUT2D eigenvalue weighted by Gasteiger charge is -2.09. The van der Waals surface area contributed by atoms with Gasteiger partial charge in [0.15, 0.2) is 0 Å². The second-order valence-corrected chi connectivity index (χ2v) is 7.17. The molecular formula is C24H23ClN2O4. The summed E-state index contributed by atoms with van der Waals surface area (Å²) in [6.07, 6.45) is 0.147. The van der Waals surface area contributed by atoms with Gasteiger partial charge in [0.05, 0.1) is 19.6 Å². The van der Waals surface area contributed by atoms with Gasteiger partial charge < -0.3 is 9.47 Å². The summed E-state index contributed by atoms with van der Waals surface area (Å²) in [4.78, 5) is 24.0. The summed E-state index contributed by atoms with van der Waals surface area (Å²) in [7, 11) is 0. The highest BCUT2D eigenvalue weighted by molar-refractivity contribution is 6.30. The summed E-state index contributed by atoms with van der Waals surface area (Å²) < 4.78 is 11.1. The van der Waals surface area contributed by atoms with Crippen molar-refractivity contribution in [2.24, 2.45) is 0 Å². The number of hydrogen-bond acceptors (Lipinski definition) is 4. The minimum absolute atomic E-state index is 0.147. The Bertz CT molecular complexity index is 977. The van der Waals surface area contributed by atoms with Crippen LogP contribution in [0, 0.1) is 0 Å². The molecule has 31 heavy (non-hydrogen) atoms. The maximum Gasteiger partial charge on any atom is 0.269 e. The van der Waals surface area contributed by atoms with E-state index >= 15 is 0 Å². The van der Waals surface area contributed by atoms with Crippen molar-refractivity contribution in [1.29, 1.82) is 0 Å². The second-order valence-electron chi connectivity index (χ2n) is 6.73. The van der Waals surface area contributed by atoms with Gasteiger partial charge in [0, 0.05) is 10.6 Å². The number of carbonyl (C=O) groups is 2. The minimum atomic E-state index is -0.399. The first-order valence-corrected chi connectivity index (χ1v) is 10.2. The predicted octanol–water partition coefficient (Wildman–Crippen LogP) is 4.29. The molecule has 0 aliphatic carbocycles. The Hall–Kier alpha value is -3.35. The molecule has 0 aliphatic rings. The molecule has 2 N–H and O–H groups in total. The Balaban J connectivity index is 1.34. The van der Waals surface area contributed by atoms with Crippen molar-refractivity contribution in [3.63, 3.8) is 0 Å². The van der Waals surface area contributed by atoms with Gasteiger partial charge >= 0.3 is 0 Å². The van der Waals surface area contributed by atoms with Crippen molar-refractivity contribution in [3.05, 3.63) is 101 Å². The van der Waals surface area contributed by atoms with Crippen LogP contribution in [-0.4, -0.2) is 18.4 Å².